The zero-order valence-electron chi connectivity index (χ0n) is 16.5. The second kappa shape index (κ2) is 6.88. The Bertz CT molecular complexity index is 1550. The fourth-order valence-corrected chi connectivity index (χ4v) is 4.24. The number of rotatable bonds is 3. The molecule has 0 amide bonds. The van der Waals surface area contributed by atoms with E-state index in [1.807, 2.05) is 36.4 Å². The van der Waals surface area contributed by atoms with Crippen molar-refractivity contribution in [2.45, 2.75) is 18.9 Å². The normalized spacial score (nSPS) is 16.6. The predicted molar refractivity (Wildman–Crippen MR) is 115 cm³/mol. The fourth-order valence-electron chi connectivity index (χ4n) is 4.24. The Balaban J connectivity index is 1.65. The lowest BCUT2D eigenvalue weighted by molar-refractivity contribution is 0.0164. The number of benzene rings is 2. The van der Waals surface area contributed by atoms with Gasteiger partial charge in [0.2, 0.25) is 0 Å². The third-order valence-electron chi connectivity index (χ3n) is 5.71. The van der Waals surface area contributed by atoms with E-state index in [2.05, 4.69) is 4.98 Å². The minimum Gasteiger partial charge on any atom is -0.459 e. The fraction of sp³-hybridized carbons (Fsp3) is 0.217. The van der Waals surface area contributed by atoms with Crippen LogP contribution in [0.4, 0.5) is 0 Å². The number of esters is 1. The molecule has 0 saturated carbocycles. The van der Waals surface area contributed by atoms with Gasteiger partial charge >= 0.3 is 5.97 Å². The third-order valence-corrected chi connectivity index (χ3v) is 5.71. The van der Waals surface area contributed by atoms with Gasteiger partial charge in [0.05, 0.1) is 28.0 Å². The van der Waals surface area contributed by atoms with Crippen molar-refractivity contribution in [2.24, 2.45) is 0 Å². The molecule has 0 spiro atoms. The van der Waals surface area contributed by atoms with Gasteiger partial charge < -0.3 is 14.5 Å². The molecule has 3 aromatic heterocycles. The van der Waals surface area contributed by atoms with Crippen molar-refractivity contribution >= 4 is 44.7 Å². The molecule has 0 aliphatic carbocycles. The van der Waals surface area contributed by atoms with Crippen LogP contribution in [0.2, 0.25) is 0 Å². The highest BCUT2D eigenvalue weighted by molar-refractivity contribution is 6.11. The van der Waals surface area contributed by atoms with Crippen LogP contribution in [-0.4, -0.2) is 44.6 Å². The quantitative estimate of drug-likeness (QED) is 0.455. The first kappa shape index (κ1) is 18.0. The second-order valence-corrected chi connectivity index (χ2v) is 7.65. The van der Waals surface area contributed by atoms with Crippen molar-refractivity contribution in [3.8, 4) is 0 Å². The van der Waals surface area contributed by atoms with Crippen molar-refractivity contribution in [2.75, 3.05) is 13.2 Å². The molecule has 2 aromatic carbocycles. The summed E-state index contributed by atoms with van der Waals surface area (Å²) in [5.74, 6) is -0.557. The van der Waals surface area contributed by atoms with Gasteiger partial charge in [-0.05, 0) is 37.1 Å². The number of hydrogen-bond acceptors (Lipinski definition) is 6. The monoisotopic (exact) mass is 414 g/mol. The number of aromatic nitrogens is 4. The zero-order valence-corrected chi connectivity index (χ0v) is 16.5. The van der Waals surface area contributed by atoms with E-state index < -0.39 is 5.97 Å². The van der Waals surface area contributed by atoms with E-state index in [1.54, 1.807) is 16.5 Å². The van der Waals surface area contributed by atoms with E-state index in [9.17, 15) is 9.59 Å². The summed E-state index contributed by atoms with van der Waals surface area (Å²) in [5.41, 5.74) is 3.13. The van der Waals surface area contributed by atoms with E-state index in [-0.39, 0.29) is 23.8 Å². The van der Waals surface area contributed by atoms with Crippen molar-refractivity contribution < 1.29 is 14.3 Å². The SMILES string of the molecule is O=C(OCC1CCCO1)c1c2nc3ccccc3nc2n2c1[nH]c(=O)c1ccccc12. The summed E-state index contributed by atoms with van der Waals surface area (Å²) in [6, 6.07) is 14.7. The molecule has 1 aliphatic rings. The van der Waals surface area contributed by atoms with Gasteiger partial charge in [0, 0.05) is 6.61 Å². The highest BCUT2D eigenvalue weighted by atomic mass is 16.6. The van der Waals surface area contributed by atoms with Gasteiger partial charge in [-0.2, -0.15) is 0 Å². The molecule has 8 nitrogen and oxygen atoms in total. The van der Waals surface area contributed by atoms with Crippen LogP contribution in [0.1, 0.15) is 23.2 Å². The Kier molecular flexibility index (Phi) is 4.00. The Morgan fingerprint density at radius 3 is 2.71 bits per heavy atom. The van der Waals surface area contributed by atoms with Crippen LogP contribution >= 0.6 is 0 Å². The Morgan fingerprint density at radius 1 is 1.13 bits per heavy atom. The maximum atomic E-state index is 13.2. The molecule has 0 bridgehead atoms. The van der Waals surface area contributed by atoms with Gasteiger partial charge in [0.1, 0.15) is 23.3 Å². The van der Waals surface area contributed by atoms with Crippen LogP contribution in [-0.2, 0) is 9.47 Å². The molecular formula is C23H18N4O4. The lowest BCUT2D eigenvalue weighted by Gasteiger charge is -2.10. The first-order valence-corrected chi connectivity index (χ1v) is 10.2. The average molecular weight is 414 g/mol. The lowest BCUT2D eigenvalue weighted by Crippen LogP contribution is -2.18. The Hall–Kier alpha value is -3.78. The Morgan fingerprint density at radius 2 is 1.90 bits per heavy atom. The van der Waals surface area contributed by atoms with Crippen LogP contribution in [0.25, 0.3) is 38.7 Å². The smallest absolute Gasteiger partial charge is 0.344 e. The zero-order chi connectivity index (χ0) is 20.9. The maximum Gasteiger partial charge on any atom is 0.344 e. The Labute approximate surface area is 175 Å². The number of para-hydroxylation sites is 3. The number of ether oxygens (including phenoxy) is 2. The largest absolute Gasteiger partial charge is 0.459 e. The summed E-state index contributed by atoms with van der Waals surface area (Å²) < 4.78 is 12.9. The molecule has 8 heteroatoms. The molecule has 1 unspecified atom stereocenters. The van der Waals surface area contributed by atoms with Gasteiger partial charge in [-0.15, -0.1) is 0 Å². The van der Waals surface area contributed by atoms with Crippen LogP contribution in [0, 0.1) is 0 Å². The molecular weight excluding hydrogens is 396 g/mol. The summed E-state index contributed by atoms with van der Waals surface area (Å²) in [5, 5.41) is 0.501. The molecule has 1 fully saturated rings. The first-order chi connectivity index (χ1) is 15.2. The molecule has 1 saturated heterocycles. The van der Waals surface area contributed by atoms with E-state index in [1.165, 1.54) is 0 Å². The maximum absolute atomic E-state index is 13.2. The second-order valence-electron chi connectivity index (χ2n) is 7.65. The van der Waals surface area contributed by atoms with Crippen LogP contribution in [0.15, 0.2) is 53.3 Å². The van der Waals surface area contributed by atoms with Gasteiger partial charge in [0.25, 0.3) is 5.56 Å². The molecule has 4 heterocycles. The summed E-state index contributed by atoms with van der Waals surface area (Å²) in [6.45, 7) is 0.841. The number of fused-ring (bicyclic) bond motifs is 6. The van der Waals surface area contributed by atoms with Gasteiger partial charge in [-0.25, -0.2) is 14.8 Å². The van der Waals surface area contributed by atoms with Gasteiger partial charge in [-0.1, -0.05) is 24.3 Å². The summed E-state index contributed by atoms with van der Waals surface area (Å²) >= 11 is 0. The molecule has 31 heavy (non-hydrogen) atoms. The van der Waals surface area contributed by atoms with Crippen molar-refractivity contribution in [1.29, 1.82) is 0 Å². The third kappa shape index (κ3) is 2.79. The van der Waals surface area contributed by atoms with E-state index in [0.29, 0.717) is 45.4 Å². The molecule has 1 atom stereocenters. The molecule has 1 N–H and O–H groups in total. The molecule has 6 rings (SSSR count). The van der Waals surface area contributed by atoms with Crippen LogP contribution in [0.3, 0.4) is 0 Å². The number of H-pyrrole nitrogens is 1. The molecule has 0 radical (unpaired) electrons. The van der Waals surface area contributed by atoms with E-state index in [0.717, 1.165) is 12.8 Å². The van der Waals surface area contributed by atoms with E-state index >= 15 is 0 Å². The lowest BCUT2D eigenvalue weighted by atomic mass is 10.2. The topological polar surface area (TPSA) is 98.6 Å². The van der Waals surface area contributed by atoms with E-state index in [4.69, 9.17) is 19.4 Å². The molecule has 1 aliphatic heterocycles. The van der Waals surface area contributed by atoms with Crippen molar-refractivity contribution in [3.63, 3.8) is 0 Å². The predicted octanol–water partition coefficient (Wildman–Crippen LogP) is 3.21. The minimum atomic E-state index is -0.557. The van der Waals surface area contributed by atoms with Crippen molar-refractivity contribution in [3.05, 3.63) is 64.4 Å². The number of aromatic amines is 1. The summed E-state index contributed by atoms with van der Waals surface area (Å²) in [6.07, 6.45) is 1.71. The van der Waals surface area contributed by atoms with Crippen molar-refractivity contribution in [1.82, 2.24) is 19.4 Å². The number of hydrogen-bond donors (Lipinski definition) is 1. The number of nitrogens with zero attached hydrogens (tertiary/aromatic N) is 3. The van der Waals surface area contributed by atoms with Crippen LogP contribution < -0.4 is 5.56 Å². The van der Waals surface area contributed by atoms with Crippen LogP contribution in [0.5, 0.6) is 0 Å². The molecule has 154 valence electrons. The molecule has 5 aromatic rings. The number of nitrogens with one attached hydrogen (secondary N) is 1. The number of carbonyl (C=O) groups excluding carboxylic acids is 1. The summed E-state index contributed by atoms with van der Waals surface area (Å²) in [4.78, 5) is 38.3. The first-order valence-electron chi connectivity index (χ1n) is 10.2. The number of carbonyl (C=O) groups is 1. The highest BCUT2D eigenvalue weighted by Crippen LogP contribution is 2.28. The standard InChI is InChI=1S/C23H18N4O4/c28-22-14-7-1-4-10-17(14)27-20(26-22)18(23(29)31-12-13-6-5-11-30-13)19-21(27)25-16-9-3-2-8-15(16)24-19/h1-4,7-10,13H,5-6,11-12H2,(H,26,28). The average Bonchev–Trinajstić information content (AvgIpc) is 3.42. The van der Waals surface area contributed by atoms with Gasteiger partial charge in [0.15, 0.2) is 5.65 Å². The van der Waals surface area contributed by atoms with Gasteiger partial charge in [-0.3, -0.25) is 9.20 Å². The highest BCUT2D eigenvalue weighted by Gasteiger charge is 2.26. The minimum absolute atomic E-state index is 0.101. The summed E-state index contributed by atoms with van der Waals surface area (Å²) in [7, 11) is 0.